The third-order valence-electron chi connectivity index (χ3n) is 3.43. The third kappa shape index (κ3) is 2.53. The van der Waals surface area contributed by atoms with E-state index < -0.39 is 0 Å². The average molecular weight is 305 g/mol. The molecule has 4 rings (SSSR count). The molecular formula is C15H11N7O. The number of carbonyl (C=O) groups excluding carboxylic acids is 1. The maximum absolute atomic E-state index is 12.4. The van der Waals surface area contributed by atoms with Crippen LogP contribution in [0.1, 0.15) is 10.4 Å². The molecule has 4 aromatic rings. The zero-order chi connectivity index (χ0) is 15.6. The van der Waals surface area contributed by atoms with Crippen molar-refractivity contribution in [3.63, 3.8) is 0 Å². The first-order valence-corrected chi connectivity index (χ1v) is 6.88. The van der Waals surface area contributed by atoms with Gasteiger partial charge in [0.2, 0.25) is 5.82 Å². The number of hydrogen-bond acceptors (Lipinski definition) is 5. The Kier molecular flexibility index (Phi) is 3.05. The van der Waals surface area contributed by atoms with Crippen molar-refractivity contribution < 1.29 is 4.79 Å². The molecule has 0 spiro atoms. The van der Waals surface area contributed by atoms with Gasteiger partial charge in [-0.2, -0.15) is 10.3 Å². The van der Waals surface area contributed by atoms with Gasteiger partial charge in [-0.25, -0.2) is 0 Å². The first-order valence-electron chi connectivity index (χ1n) is 6.88. The number of nitrogens with one attached hydrogen (secondary N) is 3. The molecule has 3 N–H and O–H groups in total. The van der Waals surface area contributed by atoms with Crippen LogP contribution >= 0.6 is 0 Å². The Bertz CT molecular complexity index is 974. The van der Waals surface area contributed by atoms with E-state index in [0.717, 1.165) is 16.5 Å². The zero-order valence-electron chi connectivity index (χ0n) is 11.8. The molecule has 0 saturated heterocycles. The largest absolute Gasteiger partial charge is 0.322 e. The Morgan fingerprint density at radius 2 is 2.09 bits per heavy atom. The minimum absolute atomic E-state index is 0.196. The number of rotatable bonds is 3. The zero-order valence-corrected chi connectivity index (χ0v) is 11.8. The molecule has 1 amide bonds. The number of tetrazole rings is 1. The lowest BCUT2D eigenvalue weighted by molar-refractivity contribution is 0.102. The summed E-state index contributed by atoms with van der Waals surface area (Å²) >= 11 is 0. The number of aromatic amines is 2. The maximum atomic E-state index is 12.4. The van der Waals surface area contributed by atoms with Crippen LogP contribution in [0.25, 0.3) is 22.3 Å². The van der Waals surface area contributed by atoms with Crippen LogP contribution < -0.4 is 5.32 Å². The highest BCUT2D eigenvalue weighted by Gasteiger charge is 2.09. The van der Waals surface area contributed by atoms with Crippen molar-refractivity contribution in [3.8, 4) is 11.4 Å². The fraction of sp³-hybridized carbons (Fsp3) is 0. The molecule has 2 aromatic heterocycles. The van der Waals surface area contributed by atoms with Gasteiger partial charge < -0.3 is 5.32 Å². The second-order valence-corrected chi connectivity index (χ2v) is 4.94. The van der Waals surface area contributed by atoms with Crippen LogP contribution in [0.4, 0.5) is 5.69 Å². The van der Waals surface area contributed by atoms with Crippen molar-refractivity contribution in [2.75, 3.05) is 5.32 Å². The van der Waals surface area contributed by atoms with Crippen LogP contribution in [-0.4, -0.2) is 36.7 Å². The summed E-state index contributed by atoms with van der Waals surface area (Å²) in [5.41, 5.74) is 2.87. The van der Waals surface area contributed by atoms with Crippen LogP contribution in [0.2, 0.25) is 0 Å². The van der Waals surface area contributed by atoms with Crippen LogP contribution in [0, 0.1) is 0 Å². The van der Waals surface area contributed by atoms with Crippen LogP contribution in [0.3, 0.4) is 0 Å². The minimum Gasteiger partial charge on any atom is -0.322 e. The predicted molar refractivity (Wildman–Crippen MR) is 83.7 cm³/mol. The highest BCUT2D eigenvalue weighted by Crippen LogP contribution is 2.19. The van der Waals surface area contributed by atoms with Crippen molar-refractivity contribution in [1.29, 1.82) is 0 Å². The number of anilines is 1. The molecule has 0 atom stereocenters. The Morgan fingerprint density at radius 1 is 1.13 bits per heavy atom. The van der Waals surface area contributed by atoms with E-state index in [0.29, 0.717) is 17.1 Å². The maximum Gasteiger partial charge on any atom is 0.255 e. The number of aromatic nitrogens is 6. The number of amides is 1. The fourth-order valence-electron chi connectivity index (χ4n) is 2.31. The highest BCUT2D eigenvalue weighted by molar-refractivity contribution is 6.06. The van der Waals surface area contributed by atoms with Gasteiger partial charge in [0, 0.05) is 22.2 Å². The van der Waals surface area contributed by atoms with Crippen molar-refractivity contribution >= 4 is 22.5 Å². The number of fused-ring (bicyclic) bond motifs is 1. The minimum atomic E-state index is -0.196. The quantitative estimate of drug-likeness (QED) is 0.536. The van der Waals surface area contributed by atoms with Crippen LogP contribution in [0.5, 0.6) is 0 Å². The number of nitrogens with zero attached hydrogens (tertiary/aromatic N) is 4. The van der Waals surface area contributed by atoms with E-state index in [9.17, 15) is 4.79 Å². The number of carbonyl (C=O) groups is 1. The van der Waals surface area contributed by atoms with Crippen LogP contribution in [-0.2, 0) is 0 Å². The average Bonchev–Trinajstić information content (AvgIpc) is 3.26. The molecule has 0 saturated carbocycles. The molecule has 112 valence electrons. The lowest BCUT2D eigenvalue weighted by Gasteiger charge is -2.06. The van der Waals surface area contributed by atoms with Crippen molar-refractivity contribution in [2.45, 2.75) is 0 Å². The molecule has 0 unspecified atom stereocenters. The smallest absolute Gasteiger partial charge is 0.255 e. The van der Waals surface area contributed by atoms with Crippen LogP contribution in [0.15, 0.2) is 48.7 Å². The first kappa shape index (κ1) is 13.1. The summed E-state index contributed by atoms with van der Waals surface area (Å²) in [4.78, 5) is 12.4. The van der Waals surface area contributed by atoms with E-state index in [1.54, 1.807) is 30.5 Å². The van der Waals surface area contributed by atoms with Crippen molar-refractivity contribution in [3.05, 3.63) is 54.2 Å². The van der Waals surface area contributed by atoms with E-state index in [1.807, 2.05) is 18.2 Å². The molecular weight excluding hydrogens is 294 g/mol. The highest BCUT2D eigenvalue weighted by atomic mass is 16.1. The lowest BCUT2D eigenvalue weighted by atomic mass is 10.1. The van der Waals surface area contributed by atoms with Gasteiger partial charge in [-0.1, -0.05) is 12.1 Å². The second kappa shape index (κ2) is 5.34. The van der Waals surface area contributed by atoms with E-state index in [4.69, 9.17) is 0 Å². The lowest BCUT2D eigenvalue weighted by Crippen LogP contribution is -2.11. The molecule has 0 aliphatic rings. The van der Waals surface area contributed by atoms with Gasteiger partial charge in [-0.05, 0) is 35.5 Å². The van der Waals surface area contributed by atoms with Gasteiger partial charge in [-0.15, -0.1) is 10.2 Å². The van der Waals surface area contributed by atoms with Crippen molar-refractivity contribution in [1.82, 2.24) is 30.8 Å². The molecule has 0 fully saturated rings. The summed E-state index contributed by atoms with van der Waals surface area (Å²) in [7, 11) is 0. The standard InChI is InChI=1S/C15H11N7O/c23-15(10-4-5-13-11(6-10)8-16-18-13)17-12-3-1-2-9(7-12)14-19-21-22-20-14/h1-8H,(H,16,18)(H,17,23)(H,19,20,21,22). The normalized spacial score (nSPS) is 10.8. The molecule has 0 aliphatic carbocycles. The summed E-state index contributed by atoms with van der Waals surface area (Å²) in [6, 6.07) is 12.6. The SMILES string of the molecule is O=C(Nc1cccc(-c2nn[nH]n2)c1)c1ccc2[nH]ncc2c1. The Hall–Kier alpha value is -3.55. The molecule has 8 heteroatoms. The Morgan fingerprint density at radius 3 is 2.96 bits per heavy atom. The Balaban J connectivity index is 1.59. The van der Waals surface area contributed by atoms with Gasteiger partial charge in [-0.3, -0.25) is 9.89 Å². The molecule has 23 heavy (non-hydrogen) atoms. The molecule has 2 heterocycles. The number of benzene rings is 2. The fourth-order valence-corrected chi connectivity index (χ4v) is 2.31. The van der Waals surface area contributed by atoms with Gasteiger partial charge >= 0.3 is 0 Å². The molecule has 0 aliphatic heterocycles. The molecule has 0 bridgehead atoms. The Labute approximate surface area is 129 Å². The summed E-state index contributed by atoms with van der Waals surface area (Å²) in [6.07, 6.45) is 1.68. The van der Waals surface area contributed by atoms with E-state index in [1.165, 1.54) is 0 Å². The van der Waals surface area contributed by atoms with E-state index in [2.05, 4.69) is 36.1 Å². The summed E-state index contributed by atoms with van der Waals surface area (Å²) < 4.78 is 0. The molecule has 0 radical (unpaired) electrons. The predicted octanol–water partition coefficient (Wildman–Crippen LogP) is 2.00. The van der Waals surface area contributed by atoms with Gasteiger partial charge in [0.25, 0.3) is 5.91 Å². The number of H-pyrrole nitrogens is 2. The van der Waals surface area contributed by atoms with Crippen molar-refractivity contribution in [2.24, 2.45) is 0 Å². The summed E-state index contributed by atoms with van der Waals surface area (Å²) in [5, 5.41) is 24.3. The third-order valence-corrected chi connectivity index (χ3v) is 3.43. The van der Waals surface area contributed by atoms with Gasteiger partial charge in [0.15, 0.2) is 0 Å². The second-order valence-electron chi connectivity index (χ2n) is 4.94. The first-order chi connectivity index (χ1) is 11.3. The summed E-state index contributed by atoms with van der Waals surface area (Å²) in [6.45, 7) is 0. The number of hydrogen-bond donors (Lipinski definition) is 3. The van der Waals surface area contributed by atoms with E-state index >= 15 is 0 Å². The topological polar surface area (TPSA) is 112 Å². The monoisotopic (exact) mass is 305 g/mol. The van der Waals surface area contributed by atoms with E-state index in [-0.39, 0.29) is 5.91 Å². The summed E-state index contributed by atoms with van der Waals surface area (Å²) in [5.74, 6) is 0.277. The van der Waals surface area contributed by atoms with Gasteiger partial charge in [0.1, 0.15) is 0 Å². The molecule has 2 aromatic carbocycles. The molecule has 8 nitrogen and oxygen atoms in total. The van der Waals surface area contributed by atoms with Gasteiger partial charge in [0.05, 0.1) is 11.7 Å².